The zero-order valence-electron chi connectivity index (χ0n) is 8.73. The van der Waals surface area contributed by atoms with Gasteiger partial charge in [-0.3, -0.25) is 0 Å². The largest absolute Gasteiger partial charge is 0.356 e. The van der Waals surface area contributed by atoms with Crippen LogP contribution in [0.15, 0.2) is 30.3 Å². The molecule has 3 rings (SSSR count). The molecule has 0 N–H and O–H groups in total. The van der Waals surface area contributed by atoms with Gasteiger partial charge in [0.2, 0.25) is 0 Å². The molecule has 0 aliphatic carbocycles. The van der Waals surface area contributed by atoms with Gasteiger partial charge >= 0.3 is 0 Å². The van der Waals surface area contributed by atoms with Crippen LogP contribution in [0.5, 0.6) is 0 Å². The van der Waals surface area contributed by atoms with Crippen LogP contribution in [-0.4, -0.2) is 22.0 Å². The van der Waals surface area contributed by atoms with Crippen molar-refractivity contribution in [2.75, 3.05) is 0 Å². The summed E-state index contributed by atoms with van der Waals surface area (Å²) < 4.78 is 0. The van der Waals surface area contributed by atoms with E-state index in [0.29, 0.717) is 0 Å². The van der Waals surface area contributed by atoms with Gasteiger partial charge in [0.25, 0.3) is 0 Å². The Hall–Kier alpha value is -0.890. The van der Waals surface area contributed by atoms with Crippen molar-refractivity contribution >= 4 is 17.2 Å². The molecule has 2 heterocycles. The first-order chi connectivity index (χ1) is 7.36. The van der Waals surface area contributed by atoms with Crippen LogP contribution in [0.4, 0.5) is 0 Å². The first kappa shape index (κ1) is 9.34. The van der Waals surface area contributed by atoms with Crippen molar-refractivity contribution < 1.29 is 0 Å². The third kappa shape index (κ3) is 1.48. The molecule has 0 saturated carbocycles. The standard InChI is InChI=1S/C13H15NS/c15-13(10-4-2-1-3-5-10)14-11-6-7-12(14)9-8-11/h1-5,11-12H,6-9H2. The molecular formula is C13H15NS. The van der Waals surface area contributed by atoms with Gasteiger partial charge in [-0.05, 0) is 25.7 Å². The molecule has 2 fully saturated rings. The van der Waals surface area contributed by atoms with Crippen LogP contribution in [0.3, 0.4) is 0 Å². The predicted molar refractivity (Wildman–Crippen MR) is 66.0 cm³/mol. The molecule has 0 atom stereocenters. The first-order valence-corrected chi connectivity index (χ1v) is 6.15. The van der Waals surface area contributed by atoms with E-state index in [2.05, 4.69) is 29.2 Å². The Kier molecular flexibility index (Phi) is 2.24. The molecule has 15 heavy (non-hydrogen) atoms. The molecule has 2 bridgehead atoms. The maximum Gasteiger partial charge on any atom is 0.109 e. The molecule has 0 radical (unpaired) electrons. The zero-order chi connectivity index (χ0) is 10.3. The van der Waals surface area contributed by atoms with Crippen LogP contribution < -0.4 is 0 Å². The highest BCUT2D eigenvalue weighted by molar-refractivity contribution is 7.80. The summed E-state index contributed by atoms with van der Waals surface area (Å²) >= 11 is 5.60. The van der Waals surface area contributed by atoms with Crippen molar-refractivity contribution in [3.63, 3.8) is 0 Å². The molecule has 0 unspecified atom stereocenters. The molecule has 2 aliphatic rings. The average Bonchev–Trinajstić information content (AvgIpc) is 2.89. The third-order valence-corrected chi connectivity index (χ3v) is 4.15. The number of benzene rings is 1. The van der Waals surface area contributed by atoms with Gasteiger partial charge in [-0.25, -0.2) is 0 Å². The smallest absolute Gasteiger partial charge is 0.109 e. The summed E-state index contributed by atoms with van der Waals surface area (Å²) in [6, 6.07) is 11.9. The van der Waals surface area contributed by atoms with Crippen molar-refractivity contribution in [3.8, 4) is 0 Å². The van der Waals surface area contributed by atoms with E-state index in [1.807, 2.05) is 6.07 Å². The normalized spacial score (nSPS) is 28.4. The van der Waals surface area contributed by atoms with E-state index in [1.54, 1.807) is 0 Å². The molecule has 0 aromatic heterocycles. The summed E-state index contributed by atoms with van der Waals surface area (Å²) in [6.07, 6.45) is 5.38. The SMILES string of the molecule is S=C(c1ccccc1)N1C2CCC1CC2. The minimum absolute atomic E-state index is 0.739. The molecular weight excluding hydrogens is 202 g/mol. The number of fused-ring (bicyclic) bond motifs is 2. The second-order valence-corrected chi connectivity index (χ2v) is 4.93. The molecule has 1 nitrogen and oxygen atoms in total. The Morgan fingerprint density at radius 3 is 2.07 bits per heavy atom. The van der Waals surface area contributed by atoms with Crippen LogP contribution in [0.25, 0.3) is 0 Å². The number of hydrogen-bond donors (Lipinski definition) is 0. The highest BCUT2D eigenvalue weighted by atomic mass is 32.1. The van der Waals surface area contributed by atoms with Crippen molar-refractivity contribution in [2.45, 2.75) is 37.8 Å². The fourth-order valence-electron chi connectivity index (χ4n) is 2.97. The summed E-state index contributed by atoms with van der Waals surface area (Å²) in [5, 5.41) is 0. The van der Waals surface area contributed by atoms with E-state index in [4.69, 9.17) is 12.2 Å². The topological polar surface area (TPSA) is 3.24 Å². The number of thiocarbonyl (C=S) groups is 1. The Bertz CT molecular complexity index is 353. The Morgan fingerprint density at radius 2 is 1.53 bits per heavy atom. The summed E-state index contributed by atoms with van der Waals surface area (Å²) in [7, 11) is 0. The first-order valence-electron chi connectivity index (χ1n) is 5.74. The van der Waals surface area contributed by atoms with Crippen molar-refractivity contribution in [1.82, 2.24) is 4.90 Å². The van der Waals surface area contributed by atoms with Crippen LogP contribution in [0, 0.1) is 0 Å². The van der Waals surface area contributed by atoms with Gasteiger partial charge in [0.05, 0.1) is 0 Å². The minimum atomic E-state index is 0.739. The number of nitrogens with zero attached hydrogens (tertiary/aromatic N) is 1. The van der Waals surface area contributed by atoms with E-state index in [0.717, 1.165) is 17.1 Å². The minimum Gasteiger partial charge on any atom is -0.356 e. The fourth-order valence-corrected chi connectivity index (χ4v) is 3.41. The Morgan fingerprint density at radius 1 is 1.00 bits per heavy atom. The molecule has 78 valence electrons. The molecule has 1 aromatic carbocycles. The van der Waals surface area contributed by atoms with E-state index in [1.165, 1.54) is 31.2 Å². The van der Waals surface area contributed by atoms with E-state index in [9.17, 15) is 0 Å². The van der Waals surface area contributed by atoms with Crippen LogP contribution in [0.2, 0.25) is 0 Å². The number of rotatable bonds is 1. The highest BCUT2D eigenvalue weighted by Crippen LogP contribution is 2.38. The molecule has 2 heteroatoms. The molecule has 0 amide bonds. The summed E-state index contributed by atoms with van der Waals surface area (Å²) in [5.74, 6) is 0. The maximum atomic E-state index is 5.60. The van der Waals surface area contributed by atoms with E-state index in [-0.39, 0.29) is 0 Å². The van der Waals surface area contributed by atoms with Gasteiger partial charge in [-0.1, -0.05) is 42.5 Å². The Labute approximate surface area is 96.1 Å². The van der Waals surface area contributed by atoms with Crippen molar-refractivity contribution in [2.24, 2.45) is 0 Å². The van der Waals surface area contributed by atoms with Crippen LogP contribution in [0.1, 0.15) is 31.2 Å². The van der Waals surface area contributed by atoms with Gasteiger partial charge in [-0.15, -0.1) is 0 Å². The molecule has 1 aromatic rings. The van der Waals surface area contributed by atoms with Gasteiger partial charge in [0.1, 0.15) is 4.99 Å². The molecule has 0 spiro atoms. The molecule has 2 aliphatic heterocycles. The second-order valence-electron chi connectivity index (χ2n) is 4.54. The lowest BCUT2D eigenvalue weighted by molar-refractivity contribution is 0.407. The quantitative estimate of drug-likeness (QED) is 0.665. The second kappa shape index (κ2) is 3.60. The maximum absolute atomic E-state index is 5.60. The van der Waals surface area contributed by atoms with Gasteiger partial charge in [0, 0.05) is 17.6 Å². The lowest BCUT2D eigenvalue weighted by Crippen LogP contribution is -2.34. The lowest BCUT2D eigenvalue weighted by atomic mass is 10.0. The molecule has 2 saturated heterocycles. The summed E-state index contributed by atoms with van der Waals surface area (Å²) in [5.41, 5.74) is 1.21. The number of hydrogen-bond acceptors (Lipinski definition) is 1. The fraction of sp³-hybridized carbons (Fsp3) is 0.462. The van der Waals surface area contributed by atoms with E-state index >= 15 is 0 Å². The summed E-state index contributed by atoms with van der Waals surface area (Å²) in [4.78, 5) is 3.56. The summed E-state index contributed by atoms with van der Waals surface area (Å²) in [6.45, 7) is 0. The van der Waals surface area contributed by atoms with Crippen molar-refractivity contribution in [3.05, 3.63) is 35.9 Å². The zero-order valence-corrected chi connectivity index (χ0v) is 9.54. The van der Waals surface area contributed by atoms with Crippen molar-refractivity contribution in [1.29, 1.82) is 0 Å². The van der Waals surface area contributed by atoms with Gasteiger partial charge < -0.3 is 4.90 Å². The van der Waals surface area contributed by atoms with E-state index < -0.39 is 0 Å². The lowest BCUT2D eigenvalue weighted by Gasteiger charge is -2.25. The monoisotopic (exact) mass is 217 g/mol. The third-order valence-electron chi connectivity index (χ3n) is 3.71. The highest BCUT2D eigenvalue weighted by Gasteiger charge is 2.40. The predicted octanol–water partition coefficient (Wildman–Crippen LogP) is 2.99. The van der Waals surface area contributed by atoms with Gasteiger partial charge in [-0.2, -0.15) is 0 Å². The van der Waals surface area contributed by atoms with Gasteiger partial charge in [0.15, 0.2) is 0 Å². The Balaban J connectivity index is 1.87. The van der Waals surface area contributed by atoms with Crippen LogP contribution >= 0.6 is 12.2 Å². The average molecular weight is 217 g/mol. The van der Waals surface area contributed by atoms with Crippen LogP contribution in [-0.2, 0) is 0 Å².